The maximum absolute atomic E-state index is 13.0. The second-order valence-corrected chi connectivity index (χ2v) is 8.04. The van der Waals surface area contributed by atoms with Gasteiger partial charge in [-0.25, -0.2) is 4.79 Å². The van der Waals surface area contributed by atoms with Gasteiger partial charge in [-0.15, -0.1) is 0 Å². The van der Waals surface area contributed by atoms with Gasteiger partial charge in [-0.05, 0) is 30.7 Å². The van der Waals surface area contributed by atoms with Gasteiger partial charge < -0.3 is 15.4 Å². The summed E-state index contributed by atoms with van der Waals surface area (Å²) in [6.07, 6.45) is 4.56. The molecule has 3 atom stereocenters. The maximum atomic E-state index is 13.0. The smallest absolute Gasteiger partial charge is 0.326 e. The number of esters is 1. The lowest BCUT2D eigenvalue weighted by Crippen LogP contribution is -2.44. The first kappa shape index (κ1) is 21.8. The molecule has 0 spiro atoms. The van der Waals surface area contributed by atoms with Gasteiger partial charge in [0.05, 0.1) is 0 Å². The van der Waals surface area contributed by atoms with Crippen LogP contribution >= 0.6 is 0 Å². The number of hydrogen-bond acceptors (Lipinski definition) is 5. The lowest BCUT2D eigenvalue weighted by Gasteiger charge is -2.29. The number of rotatable bonds is 7. The highest BCUT2D eigenvalue weighted by Gasteiger charge is 2.51. The lowest BCUT2D eigenvalue weighted by atomic mass is 9.86. The van der Waals surface area contributed by atoms with Crippen molar-refractivity contribution in [3.05, 3.63) is 35.9 Å². The monoisotopic (exact) mass is 415 g/mol. The first-order valence-electron chi connectivity index (χ1n) is 10.5. The van der Waals surface area contributed by atoms with Crippen molar-refractivity contribution in [2.24, 2.45) is 5.92 Å². The predicted octanol–water partition coefficient (Wildman–Crippen LogP) is 2.08. The van der Waals surface area contributed by atoms with Crippen molar-refractivity contribution >= 4 is 23.8 Å². The van der Waals surface area contributed by atoms with Crippen LogP contribution in [0.4, 0.5) is 4.79 Å². The van der Waals surface area contributed by atoms with Crippen LogP contribution in [0.5, 0.6) is 0 Å². The van der Waals surface area contributed by atoms with Crippen LogP contribution in [0.3, 0.4) is 0 Å². The molecule has 1 aromatic carbocycles. The third-order valence-corrected chi connectivity index (χ3v) is 6.08. The van der Waals surface area contributed by atoms with E-state index >= 15 is 0 Å². The highest BCUT2D eigenvalue weighted by Crippen LogP contribution is 2.32. The van der Waals surface area contributed by atoms with E-state index in [0.717, 1.165) is 30.6 Å². The SMILES string of the molecule is CC[C@]1(c2ccccc2)NC(=O)N(CC(=O)OCC(=O)N[C@@H]2CCCC[C@H]2C)C1=O. The van der Waals surface area contributed by atoms with E-state index in [0.29, 0.717) is 17.9 Å². The molecule has 1 saturated heterocycles. The van der Waals surface area contributed by atoms with Gasteiger partial charge in [-0.2, -0.15) is 0 Å². The van der Waals surface area contributed by atoms with Gasteiger partial charge in [-0.1, -0.05) is 57.0 Å². The summed E-state index contributed by atoms with van der Waals surface area (Å²) in [7, 11) is 0. The zero-order chi connectivity index (χ0) is 21.7. The first-order valence-corrected chi connectivity index (χ1v) is 10.5. The van der Waals surface area contributed by atoms with Crippen LogP contribution in [-0.2, 0) is 24.7 Å². The summed E-state index contributed by atoms with van der Waals surface area (Å²) >= 11 is 0. The molecule has 0 radical (unpaired) electrons. The number of ether oxygens (including phenoxy) is 1. The Hall–Kier alpha value is -2.90. The summed E-state index contributed by atoms with van der Waals surface area (Å²) in [5, 5.41) is 5.62. The molecule has 1 aromatic rings. The van der Waals surface area contributed by atoms with Crippen LogP contribution < -0.4 is 10.6 Å². The Morgan fingerprint density at radius 2 is 1.90 bits per heavy atom. The van der Waals surface area contributed by atoms with Gasteiger partial charge in [0.2, 0.25) is 0 Å². The molecule has 162 valence electrons. The lowest BCUT2D eigenvalue weighted by molar-refractivity contribution is -0.151. The number of nitrogens with zero attached hydrogens (tertiary/aromatic N) is 1. The molecule has 1 heterocycles. The number of carbonyl (C=O) groups is 4. The van der Waals surface area contributed by atoms with Crippen LogP contribution in [0.15, 0.2) is 30.3 Å². The fourth-order valence-corrected chi connectivity index (χ4v) is 4.23. The average molecular weight is 415 g/mol. The molecule has 2 fully saturated rings. The van der Waals surface area contributed by atoms with Crippen molar-refractivity contribution in [2.45, 2.75) is 57.5 Å². The third-order valence-electron chi connectivity index (χ3n) is 6.08. The van der Waals surface area contributed by atoms with Gasteiger partial charge in [0, 0.05) is 6.04 Å². The molecule has 1 aliphatic carbocycles. The van der Waals surface area contributed by atoms with Gasteiger partial charge in [-0.3, -0.25) is 19.3 Å². The number of nitrogens with one attached hydrogen (secondary N) is 2. The van der Waals surface area contributed by atoms with E-state index in [2.05, 4.69) is 17.6 Å². The number of carbonyl (C=O) groups excluding carboxylic acids is 4. The van der Waals surface area contributed by atoms with E-state index in [4.69, 9.17) is 4.74 Å². The van der Waals surface area contributed by atoms with E-state index in [9.17, 15) is 19.2 Å². The Bertz CT molecular complexity index is 812. The summed E-state index contributed by atoms with van der Waals surface area (Å²) in [4.78, 5) is 50.6. The van der Waals surface area contributed by atoms with E-state index in [1.165, 1.54) is 0 Å². The highest BCUT2D eigenvalue weighted by atomic mass is 16.5. The average Bonchev–Trinajstić information content (AvgIpc) is 2.99. The van der Waals surface area contributed by atoms with Crippen LogP contribution in [0.1, 0.15) is 51.5 Å². The van der Waals surface area contributed by atoms with Crippen LogP contribution in [-0.4, -0.2) is 47.9 Å². The molecule has 1 saturated carbocycles. The number of benzene rings is 1. The summed E-state index contributed by atoms with van der Waals surface area (Å²) in [5.41, 5.74) is -0.546. The van der Waals surface area contributed by atoms with Crippen molar-refractivity contribution < 1.29 is 23.9 Å². The van der Waals surface area contributed by atoms with Crippen LogP contribution in [0, 0.1) is 5.92 Å². The Labute approximate surface area is 176 Å². The van der Waals surface area contributed by atoms with E-state index < -0.39 is 36.6 Å². The Morgan fingerprint density at radius 1 is 1.20 bits per heavy atom. The molecule has 0 aromatic heterocycles. The molecular weight excluding hydrogens is 386 g/mol. The van der Waals surface area contributed by atoms with Crippen molar-refractivity contribution in [1.82, 2.24) is 15.5 Å². The standard InChI is InChI=1S/C22H29N3O5/c1-3-22(16-10-5-4-6-11-16)20(28)25(21(29)24-22)13-19(27)30-14-18(26)23-17-12-8-7-9-15(17)2/h4-6,10-11,15,17H,3,7-9,12-14H2,1-2H3,(H,23,26)(H,24,29)/t15-,17-,22-/m1/s1. The Morgan fingerprint density at radius 3 is 2.57 bits per heavy atom. The van der Waals surface area contributed by atoms with Gasteiger partial charge in [0.25, 0.3) is 11.8 Å². The number of amides is 4. The fourth-order valence-electron chi connectivity index (χ4n) is 4.23. The zero-order valence-electron chi connectivity index (χ0n) is 17.5. The quantitative estimate of drug-likeness (QED) is 0.524. The fraction of sp³-hybridized carbons (Fsp3) is 0.545. The minimum Gasteiger partial charge on any atom is -0.454 e. The molecular formula is C22H29N3O5. The minimum atomic E-state index is -1.20. The molecule has 1 aliphatic heterocycles. The van der Waals surface area contributed by atoms with Gasteiger partial charge in [0.15, 0.2) is 6.61 Å². The highest BCUT2D eigenvalue weighted by molar-refractivity contribution is 6.09. The summed E-state index contributed by atoms with van der Waals surface area (Å²) in [5.74, 6) is -1.28. The first-order chi connectivity index (χ1) is 14.4. The molecule has 2 N–H and O–H groups in total. The molecule has 8 heteroatoms. The second kappa shape index (κ2) is 9.28. The minimum absolute atomic E-state index is 0.0898. The van der Waals surface area contributed by atoms with Crippen molar-refractivity contribution in [2.75, 3.05) is 13.2 Å². The van der Waals surface area contributed by atoms with Crippen LogP contribution in [0.2, 0.25) is 0 Å². The normalized spacial score (nSPS) is 26.3. The third kappa shape index (κ3) is 4.47. The van der Waals surface area contributed by atoms with Crippen molar-refractivity contribution in [1.29, 1.82) is 0 Å². The summed E-state index contributed by atoms with van der Waals surface area (Å²) < 4.78 is 5.02. The molecule has 2 aliphatic rings. The van der Waals surface area contributed by atoms with Crippen molar-refractivity contribution in [3.63, 3.8) is 0 Å². The topological polar surface area (TPSA) is 105 Å². The van der Waals surface area contributed by atoms with E-state index in [-0.39, 0.29) is 11.9 Å². The predicted molar refractivity (Wildman–Crippen MR) is 109 cm³/mol. The zero-order valence-corrected chi connectivity index (χ0v) is 17.5. The number of imide groups is 1. The molecule has 3 rings (SSSR count). The molecule has 8 nitrogen and oxygen atoms in total. The van der Waals surface area contributed by atoms with Gasteiger partial charge in [0.1, 0.15) is 12.1 Å². The Kier molecular flexibility index (Phi) is 6.74. The molecule has 0 unspecified atom stereocenters. The summed E-state index contributed by atoms with van der Waals surface area (Å²) in [6.45, 7) is 2.93. The molecule has 0 bridgehead atoms. The summed E-state index contributed by atoms with van der Waals surface area (Å²) in [6, 6.07) is 8.36. The molecule has 30 heavy (non-hydrogen) atoms. The van der Waals surface area contributed by atoms with Gasteiger partial charge >= 0.3 is 12.0 Å². The van der Waals surface area contributed by atoms with E-state index in [1.807, 2.05) is 6.07 Å². The Balaban J connectivity index is 1.55. The largest absolute Gasteiger partial charge is 0.454 e. The number of urea groups is 1. The second-order valence-electron chi connectivity index (χ2n) is 8.04. The number of hydrogen-bond donors (Lipinski definition) is 2. The maximum Gasteiger partial charge on any atom is 0.326 e. The van der Waals surface area contributed by atoms with Crippen LogP contribution in [0.25, 0.3) is 0 Å². The van der Waals surface area contributed by atoms with Crippen molar-refractivity contribution in [3.8, 4) is 0 Å². The van der Waals surface area contributed by atoms with E-state index in [1.54, 1.807) is 31.2 Å². The molecule has 4 amide bonds.